The molecule has 0 aliphatic heterocycles. The van der Waals surface area contributed by atoms with E-state index in [9.17, 15) is 4.79 Å². The average Bonchev–Trinajstić information content (AvgIpc) is 2.21. The van der Waals surface area contributed by atoms with Crippen molar-refractivity contribution < 1.29 is 4.79 Å². The Morgan fingerprint density at radius 1 is 1.43 bits per heavy atom. The van der Waals surface area contributed by atoms with E-state index in [4.69, 9.17) is 0 Å². The molecule has 0 atom stereocenters. The number of hydrogen-bond donors (Lipinski definition) is 0. The highest BCUT2D eigenvalue weighted by molar-refractivity contribution is 9.09. The SMILES string of the molecule is CCN(C(=O)CBr)c1ccccc1C. The molecule has 3 heteroatoms. The number of halogens is 1. The summed E-state index contributed by atoms with van der Waals surface area (Å²) in [4.78, 5) is 13.4. The minimum Gasteiger partial charge on any atom is -0.312 e. The monoisotopic (exact) mass is 255 g/mol. The molecule has 1 aromatic rings. The van der Waals surface area contributed by atoms with Crippen molar-refractivity contribution >= 4 is 27.5 Å². The molecule has 1 amide bonds. The number of hydrogen-bond acceptors (Lipinski definition) is 1. The number of para-hydroxylation sites is 1. The molecule has 0 radical (unpaired) electrons. The van der Waals surface area contributed by atoms with Crippen molar-refractivity contribution in [1.29, 1.82) is 0 Å². The largest absolute Gasteiger partial charge is 0.312 e. The maximum Gasteiger partial charge on any atom is 0.237 e. The van der Waals surface area contributed by atoms with E-state index < -0.39 is 0 Å². The van der Waals surface area contributed by atoms with Crippen LogP contribution in [0.15, 0.2) is 24.3 Å². The van der Waals surface area contributed by atoms with Crippen molar-refractivity contribution in [1.82, 2.24) is 0 Å². The lowest BCUT2D eigenvalue weighted by molar-refractivity contribution is -0.116. The molecule has 0 N–H and O–H groups in total. The second-order valence-corrected chi connectivity index (χ2v) is 3.62. The Labute approximate surface area is 93.0 Å². The van der Waals surface area contributed by atoms with E-state index in [1.54, 1.807) is 4.90 Å². The van der Waals surface area contributed by atoms with E-state index in [0.29, 0.717) is 11.9 Å². The molecule has 0 saturated heterocycles. The second kappa shape index (κ2) is 5.15. The molecule has 0 aromatic heterocycles. The maximum absolute atomic E-state index is 11.6. The maximum atomic E-state index is 11.6. The third-order valence-electron chi connectivity index (χ3n) is 2.14. The summed E-state index contributed by atoms with van der Waals surface area (Å²) >= 11 is 3.19. The Morgan fingerprint density at radius 2 is 2.07 bits per heavy atom. The van der Waals surface area contributed by atoms with E-state index >= 15 is 0 Å². The van der Waals surface area contributed by atoms with Gasteiger partial charge in [-0.1, -0.05) is 34.1 Å². The quantitative estimate of drug-likeness (QED) is 0.761. The van der Waals surface area contributed by atoms with E-state index in [-0.39, 0.29) is 5.91 Å². The van der Waals surface area contributed by atoms with Gasteiger partial charge >= 0.3 is 0 Å². The lowest BCUT2D eigenvalue weighted by Gasteiger charge is -2.21. The summed E-state index contributed by atoms with van der Waals surface area (Å²) in [6.45, 7) is 4.70. The highest BCUT2D eigenvalue weighted by Crippen LogP contribution is 2.19. The first-order chi connectivity index (χ1) is 6.70. The molecular formula is C11H14BrNO. The Kier molecular flexibility index (Phi) is 4.14. The van der Waals surface area contributed by atoms with Crippen molar-refractivity contribution in [2.24, 2.45) is 0 Å². The molecule has 2 nitrogen and oxygen atoms in total. The highest BCUT2D eigenvalue weighted by Gasteiger charge is 2.13. The number of alkyl halides is 1. The van der Waals surface area contributed by atoms with Gasteiger partial charge < -0.3 is 4.90 Å². The number of anilines is 1. The lowest BCUT2D eigenvalue weighted by Crippen LogP contribution is -2.31. The van der Waals surface area contributed by atoms with Crippen LogP contribution in [0.2, 0.25) is 0 Å². The summed E-state index contributed by atoms with van der Waals surface area (Å²) in [6, 6.07) is 7.91. The fourth-order valence-electron chi connectivity index (χ4n) is 1.42. The molecule has 0 heterocycles. The van der Waals surface area contributed by atoms with Crippen LogP contribution in [-0.4, -0.2) is 17.8 Å². The fraction of sp³-hybridized carbons (Fsp3) is 0.364. The minimum atomic E-state index is 0.0989. The molecule has 1 rings (SSSR count). The molecule has 0 saturated carbocycles. The van der Waals surface area contributed by atoms with Crippen LogP contribution >= 0.6 is 15.9 Å². The molecule has 0 bridgehead atoms. The van der Waals surface area contributed by atoms with Crippen LogP contribution in [0.3, 0.4) is 0 Å². The Balaban J connectivity index is 3.01. The molecule has 0 fully saturated rings. The smallest absolute Gasteiger partial charge is 0.237 e. The first-order valence-corrected chi connectivity index (χ1v) is 5.74. The first-order valence-electron chi connectivity index (χ1n) is 4.62. The van der Waals surface area contributed by atoms with Crippen LogP contribution < -0.4 is 4.90 Å². The molecule has 76 valence electrons. The fourth-order valence-corrected chi connectivity index (χ4v) is 1.72. The molecule has 0 spiro atoms. The van der Waals surface area contributed by atoms with Crippen molar-refractivity contribution in [3.8, 4) is 0 Å². The third kappa shape index (κ3) is 2.35. The number of rotatable bonds is 3. The lowest BCUT2D eigenvalue weighted by atomic mass is 10.2. The molecular weight excluding hydrogens is 242 g/mol. The number of benzene rings is 1. The topological polar surface area (TPSA) is 20.3 Å². The van der Waals surface area contributed by atoms with Crippen LogP contribution in [0.25, 0.3) is 0 Å². The molecule has 0 aliphatic rings. The van der Waals surface area contributed by atoms with Crippen molar-refractivity contribution in [3.63, 3.8) is 0 Å². The summed E-state index contributed by atoms with van der Waals surface area (Å²) in [7, 11) is 0. The zero-order valence-electron chi connectivity index (χ0n) is 8.46. The van der Waals surface area contributed by atoms with Gasteiger partial charge in [0.1, 0.15) is 0 Å². The highest BCUT2D eigenvalue weighted by atomic mass is 79.9. The number of aryl methyl sites for hydroxylation is 1. The number of carbonyl (C=O) groups is 1. The van der Waals surface area contributed by atoms with Gasteiger partial charge in [-0.2, -0.15) is 0 Å². The van der Waals surface area contributed by atoms with E-state index in [1.165, 1.54) is 0 Å². The van der Waals surface area contributed by atoms with Gasteiger partial charge in [0, 0.05) is 12.2 Å². The molecule has 14 heavy (non-hydrogen) atoms. The van der Waals surface area contributed by atoms with Crippen LogP contribution in [-0.2, 0) is 4.79 Å². The zero-order valence-corrected chi connectivity index (χ0v) is 10.0. The Bertz CT molecular complexity index is 325. The summed E-state index contributed by atoms with van der Waals surface area (Å²) < 4.78 is 0. The summed E-state index contributed by atoms with van der Waals surface area (Å²) in [5, 5.41) is 0.370. The summed E-state index contributed by atoms with van der Waals surface area (Å²) in [5.74, 6) is 0.0989. The number of nitrogens with zero attached hydrogens (tertiary/aromatic N) is 1. The van der Waals surface area contributed by atoms with Gasteiger partial charge in [0.15, 0.2) is 0 Å². The van der Waals surface area contributed by atoms with Crippen molar-refractivity contribution in [2.75, 3.05) is 16.8 Å². The zero-order chi connectivity index (χ0) is 10.6. The molecule has 0 aliphatic carbocycles. The van der Waals surface area contributed by atoms with Gasteiger partial charge in [-0.15, -0.1) is 0 Å². The summed E-state index contributed by atoms with van der Waals surface area (Å²) in [6.07, 6.45) is 0. The summed E-state index contributed by atoms with van der Waals surface area (Å²) in [5.41, 5.74) is 2.13. The van der Waals surface area contributed by atoms with E-state index in [2.05, 4.69) is 15.9 Å². The van der Waals surface area contributed by atoms with Gasteiger partial charge in [-0.05, 0) is 25.5 Å². The van der Waals surface area contributed by atoms with Gasteiger partial charge in [-0.3, -0.25) is 4.79 Å². The van der Waals surface area contributed by atoms with Crippen molar-refractivity contribution in [3.05, 3.63) is 29.8 Å². The number of carbonyl (C=O) groups excluding carboxylic acids is 1. The second-order valence-electron chi connectivity index (χ2n) is 3.06. The van der Waals surface area contributed by atoms with Crippen LogP contribution in [0.1, 0.15) is 12.5 Å². The molecule has 1 aromatic carbocycles. The number of amides is 1. The predicted octanol–water partition coefficient (Wildman–Crippen LogP) is 2.74. The van der Waals surface area contributed by atoms with Gasteiger partial charge in [-0.25, -0.2) is 0 Å². The minimum absolute atomic E-state index is 0.0989. The Morgan fingerprint density at radius 3 is 2.57 bits per heavy atom. The first kappa shape index (κ1) is 11.2. The average molecular weight is 256 g/mol. The molecule has 0 unspecified atom stereocenters. The van der Waals surface area contributed by atoms with E-state index in [1.807, 2.05) is 38.1 Å². The standard InChI is InChI=1S/C11H14BrNO/c1-3-13(11(14)8-12)10-7-5-4-6-9(10)2/h4-7H,3,8H2,1-2H3. The normalized spacial score (nSPS) is 9.93. The van der Waals surface area contributed by atoms with Gasteiger partial charge in [0.2, 0.25) is 5.91 Å². The Hall–Kier alpha value is -0.830. The predicted molar refractivity (Wildman–Crippen MR) is 63.0 cm³/mol. The van der Waals surface area contributed by atoms with Gasteiger partial charge in [0.05, 0.1) is 5.33 Å². The van der Waals surface area contributed by atoms with Crippen LogP contribution in [0, 0.1) is 6.92 Å². The van der Waals surface area contributed by atoms with Crippen molar-refractivity contribution in [2.45, 2.75) is 13.8 Å². The van der Waals surface area contributed by atoms with Crippen LogP contribution in [0.5, 0.6) is 0 Å². The third-order valence-corrected chi connectivity index (χ3v) is 2.62. The van der Waals surface area contributed by atoms with Crippen LogP contribution in [0.4, 0.5) is 5.69 Å². The van der Waals surface area contributed by atoms with Gasteiger partial charge in [0.25, 0.3) is 0 Å². The van der Waals surface area contributed by atoms with E-state index in [0.717, 1.165) is 11.3 Å².